The Balaban J connectivity index is 1.68. The second-order valence-corrected chi connectivity index (χ2v) is 7.30. The van der Waals surface area contributed by atoms with E-state index in [4.69, 9.17) is 10.00 Å². The van der Waals surface area contributed by atoms with Crippen molar-refractivity contribution in [2.45, 2.75) is 20.4 Å². The summed E-state index contributed by atoms with van der Waals surface area (Å²) >= 11 is 0. The molecule has 0 saturated heterocycles. The topological polar surface area (TPSA) is 136 Å². The Morgan fingerprint density at radius 3 is 2.36 bits per heavy atom. The molecule has 0 atom stereocenters. The van der Waals surface area contributed by atoms with Gasteiger partial charge in [-0.2, -0.15) is 9.94 Å². The van der Waals surface area contributed by atoms with Crippen molar-refractivity contribution < 1.29 is 4.74 Å². The standard InChI is InChI=1S/C23H18N6O4/c1-14-10-17(29-23(32)25-22(31)18(12-24)26-29)11-15(2)21(14)33-19-8-9-20(30)28(27-19)13-16-6-4-3-5-7-16/h3-11H,13H2,1-2H3,(H,25,31,32). The van der Waals surface area contributed by atoms with Crippen LogP contribution >= 0.6 is 0 Å². The molecular formula is C23H18N6O4. The van der Waals surface area contributed by atoms with E-state index < -0.39 is 16.9 Å². The summed E-state index contributed by atoms with van der Waals surface area (Å²) in [6, 6.07) is 17.3. The lowest BCUT2D eigenvalue weighted by Crippen LogP contribution is -2.33. The molecule has 1 N–H and O–H groups in total. The number of hydrogen-bond acceptors (Lipinski definition) is 7. The molecule has 2 heterocycles. The molecule has 0 fully saturated rings. The summed E-state index contributed by atoms with van der Waals surface area (Å²) in [4.78, 5) is 38.1. The van der Waals surface area contributed by atoms with Crippen LogP contribution in [0.1, 0.15) is 22.4 Å². The molecular weight excluding hydrogens is 424 g/mol. The molecule has 2 aromatic heterocycles. The molecule has 0 radical (unpaired) electrons. The summed E-state index contributed by atoms with van der Waals surface area (Å²) in [5.74, 6) is 0.727. The molecule has 0 spiro atoms. The van der Waals surface area contributed by atoms with E-state index in [-0.39, 0.29) is 11.4 Å². The third-order valence-electron chi connectivity index (χ3n) is 4.85. The van der Waals surface area contributed by atoms with E-state index in [0.29, 0.717) is 29.1 Å². The van der Waals surface area contributed by atoms with Crippen LogP contribution in [-0.4, -0.2) is 24.5 Å². The minimum absolute atomic E-state index is 0.232. The van der Waals surface area contributed by atoms with Crippen LogP contribution < -0.4 is 21.5 Å². The third-order valence-corrected chi connectivity index (χ3v) is 4.85. The van der Waals surface area contributed by atoms with E-state index in [1.807, 2.05) is 30.3 Å². The summed E-state index contributed by atoms with van der Waals surface area (Å²) < 4.78 is 8.23. The Hall–Kier alpha value is -4.78. The second-order valence-electron chi connectivity index (χ2n) is 7.30. The van der Waals surface area contributed by atoms with Crippen molar-refractivity contribution in [2.24, 2.45) is 0 Å². The van der Waals surface area contributed by atoms with Gasteiger partial charge < -0.3 is 4.74 Å². The van der Waals surface area contributed by atoms with Gasteiger partial charge in [-0.3, -0.25) is 14.6 Å². The number of rotatable bonds is 5. The fraction of sp³-hybridized carbons (Fsp3) is 0.130. The first-order valence-corrected chi connectivity index (χ1v) is 9.91. The van der Waals surface area contributed by atoms with Crippen LogP contribution in [0.2, 0.25) is 0 Å². The normalized spacial score (nSPS) is 10.6. The maximum atomic E-state index is 12.2. The Morgan fingerprint density at radius 1 is 1.00 bits per heavy atom. The molecule has 0 aliphatic heterocycles. The predicted octanol–water partition coefficient (Wildman–Crippen LogP) is 1.81. The second kappa shape index (κ2) is 8.76. The quantitative estimate of drug-likeness (QED) is 0.498. The number of ether oxygens (including phenoxy) is 1. The number of nitrogens with zero attached hydrogens (tertiary/aromatic N) is 5. The Bertz CT molecular complexity index is 1540. The Kier molecular flexibility index (Phi) is 5.69. The van der Waals surface area contributed by atoms with Gasteiger partial charge in [-0.05, 0) is 42.7 Å². The fourth-order valence-electron chi connectivity index (χ4n) is 3.32. The van der Waals surface area contributed by atoms with Gasteiger partial charge in [-0.1, -0.05) is 30.3 Å². The van der Waals surface area contributed by atoms with Gasteiger partial charge in [0, 0.05) is 12.1 Å². The number of H-pyrrole nitrogens is 1. The maximum Gasteiger partial charge on any atom is 0.349 e. The van der Waals surface area contributed by atoms with Gasteiger partial charge in [-0.25, -0.2) is 9.48 Å². The maximum absolute atomic E-state index is 12.2. The van der Waals surface area contributed by atoms with Gasteiger partial charge in [0.25, 0.3) is 11.1 Å². The molecule has 0 aliphatic carbocycles. The van der Waals surface area contributed by atoms with Crippen LogP contribution in [0.25, 0.3) is 5.69 Å². The highest BCUT2D eigenvalue weighted by atomic mass is 16.5. The van der Waals surface area contributed by atoms with E-state index >= 15 is 0 Å². The zero-order chi connectivity index (χ0) is 23.5. The van der Waals surface area contributed by atoms with Crippen LogP contribution in [0.5, 0.6) is 11.6 Å². The summed E-state index contributed by atoms with van der Waals surface area (Å²) in [6.07, 6.45) is 0. The number of nitriles is 1. The lowest BCUT2D eigenvalue weighted by Gasteiger charge is -2.14. The smallest absolute Gasteiger partial charge is 0.349 e. The molecule has 4 rings (SSSR count). The van der Waals surface area contributed by atoms with E-state index in [0.717, 1.165) is 10.2 Å². The highest BCUT2D eigenvalue weighted by Crippen LogP contribution is 2.29. The van der Waals surface area contributed by atoms with Crippen LogP contribution in [-0.2, 0) is 6.54 Å². The van der Waals surface area contributed by atoms with Gasteiger partial charge in [0.2, 0.25) is 11.6 Å². The minimum atomic E-state index is -0.844. The monoisotopic (exact) mass is 442 g/mol. The highest BCUT2D eigenvalue weighted by molar-refractivity contribution is 5.50. The highest BCUT2D eigenvalue weighted by Gasteiger charge is 2.14. The molecule has 164 valence electrons. The number of aromatic nitrogens is 5. The van der Waals surface area contributed by atoms with E-state index in [1.165, 1.54) is 16.8 Å². The van der Waals surface area contributed by atoms with Crippen LogP contribution in [0.15, 0.2) is 69.0 Å². The number of benzene rings is 2. The molecule has 0 saturated carbocycles. The zero-order valence-corrected chi connectivity index (χ0v) is 17.8. The summed E-state index contributed by atoms with van der Waals surface area (Å²) in [7, 11) is 0. The lowest BCUT2D eigenvalue weighted by atomic mass is 10.1. The van der Waals surface area contributed by atoms with Gasteiger partial charge in [0.05, 0.1) is 12.2 Å². The predicted molar refractivity (Wildman–Crippen MR) is 119 cm³/mol. The van der Waals surface area contributed by atoms with Crippen molar-refractivity contribution in [3.8, 4) is 23.4 Å². The van der Waals surface area contributed by atoms with Crippen molar-refractivity contribution >= 4 is 0 Å². The van der Waals surface area contributed by atoms with Crippen LogP contribution in [0.3, 0.4) is 0 Å². The number of aromatic amines is 1. The van der Waals surface area contributed by atoms with Crippen molar-refractivity contribution in [1.29, 1.82) is 5.26 Å². The molecule has 10 nitrogen and oxygen atoms in total. The molecule has 4 aromatic rings. The minimum Gasteiger partial charge on any atom is -0.437 e. The molecule has 33 heavy (non-hydrogen) atoms. The molecule has 2 aromatic carbocycles. The molecule has 0 amide bonds. The fourth-order valence-corrected chi connectivity index (χ4v) is 3.32. The number of aryl methyl sites for hydroxylation is 2. The van der Waals surface area contributed by atoms with Gasteiger partial charge in [0.1, 0.15) is 11.8 Å². The lowest BCUT2D eigenvalue weighted by molar-refractivity contribution is 0.429. The van der Waals surface area contributed by atoms with E-state index in [1.54, 1.807) is 32.0 Å². The average Bonchev–Trinajstić information content (AvgIpc) is 2.79. The summed E-state index contributed by atoms with van der Waals surface area (Å²) in [5.41, 5.74) is 0.317. The SMILES string of the molecule is Cc1cc(-n2nc(C#N)c(=O)[nH]c2=O)cc(C)c1Oc1ccc(=O)n(Cc2ccccc2)n1. The Labute approximate surface area is 187 Å². The molecule has 10 heteroatoms. The molecule has 0 aliphatic rings. The van der Waals surface area contributed by atoms with Crippen LogP contribution in [0.4, 0.5) is 0 Å². The largest absolute Gasteiger partial charge is 0.437 e. The van der Waals surface area contributed by atoms with Crippen molar-refractivity contribution in [2.75, 3.05) is 0 Å². The summed E-state index contributed by atoms with van der Waals surface area (Å²) in [6.45, 7) is 3.84. The van der Waals surface area contributed by atoms with Gasteiger partial charge >= 0.3 is 5.69 Å². The van der Waals surface area contributed by atoms with Crippen molar-refractivity contribution in [3.63, 3.8) is 0 Å². The van der Waals surface area contributed by atoms with Crippen LogP contribution in [0, 0.1) is 25.2 Å². The first-order chi connectivity index (χ1) is 15.9. The van der Waals surface area contributed by atoms with E-state index in [9.17, 15) is 14.4 Å². The van der Waals surface area contributed by atoms with E-state index in [2.05, 4.69) is 15.2 Å². The first kappa shape index (κ1) is 21.5. The Morgan fingerprint density at radius 2 is 1.70 bits per heavy atom. The van der Waals surface area contributed by atoms with Gasteiger partial charge in [-0.15, -0.1) is 10.2 Å². The number of nitrogens with one attached hydrogen (secondary N) is 1. The third kappa shape index (κ3) is 4.47. The summed E-state index contributed by atoms with van der Waals surface area (Å²) in [5, 5.41) is 17.2. The number of hydrogen-bond donors (Lipinski definition) is 1. The van der Waals surface area contributed by atoms with Gasteiger partial charge in [0.15, 0.2) is 0 Å². The van der Waals surface area contributed by atoms with Crippen molar-refractivity contribution in [1.82, 2.24) is 24.5 Å². The average molecular weight is 442 g/mol. The zero-order valence-electron chi connectivity index (χ0n) is 17.8. The molecule has 0 unspecified atom stereocenters. The van der Waals surface area contributed by atoms with Crippen molar-refractivity contribution in [3.05, 3.63) is 108 Å². The first-order valence-electron chi connectivity index (χ1n) is 9.91. The molecule has 0 bridgehead atoms.